The second-order valence-electron chi connectivity index (χ2n) is 4.44. The molecule has 1 aromatic rings. The van der Waals surface area contributed by atoms with E-state index in [1.807, 2.05) is 0 Å². The van der Waals surface area contributed by atoms with Crippen molar-refractivity contribution >= 4 is 5.97 Å². The molecular weight excluding hydrogens is 230 g/mol. The summed E-state index contributed by atoms with van der Waals surface area (Å²) in [4.78, 5) is 15.4. The lowest BCUT2D eigenvalue weighted by Gasteiger charge is -2.10. The Morgan fingerprint density at radius 1 is 1.44 bits per heavy atom. The van der Waals surface area contributed by atoms with Crippen molar-refractivity contribution in [3.8, 4) is 0 Å². The molecule has 1 rings (SSSR count). The molecule has 0 aromatic carbocycles. The van der Waals surface area contributed by atoms with E-state index in [9.17, 15) is 4.79 Å². The van der Waals surface area contributed by atoms with E-state index in [0.717, 1.165) is 12.3 Å². The van der Waals surface area contributed by atoms with Crippen LogP contribution in [0.2, 0.25) is 0 Å². The van der Waals surface area contributed by atoms with E-state index in [0.29, 0.717) is 18.1 Å². The van der Waals surface area contributed by atoms with Gasteiger partial charge in [-0.25, -0.2) is 4.79 Å². The second-order valence-corrected chi connectivity index (χ2v) is 4.44. The SMILES string of the molecule is CCCC(C)COCc1ccc(C(=O)OC)cn1. The highest BCUT2D eigenvalue weighted by Gasteiger charge is 2.06. The number of hydrogen-bond acceptors (Lipinski definition) is 4. The molecule has 18 heavy (non-hydrogen) atoms. The first-order chi connectivity index (χ1) is 8.67. The van der Waals surface area contributed by atoms with Gasteiger partial charge in [-0.05, 0) is 24.5 Å². The van der Waals surface area contributed by atoms with Crippen molar-refractivity contribution in [1.82, 2.24) is 4.98 Å². The fraction of sp³-hybridized carbons (Fsp3) is 0.571. The molecule has 0 amide bonds. The van der Waals surface area contributed by atoms with Gasteiger partial charge < -0.3 is 9.47 Å². The van der Waals surface area contributed by atoms with Gasteiger partial charge >= 0.3 is 5.97 Å². The van der Waals surface area contributed by atoms with Gasteiger partial charge in [0.1, 0.15) is 0 Å². The lowest BCUT2D eigenvalue weighted by molar-refractivity contribution is 0.0599. The van der Waals surface area contributed by atoms with Crippen molar-refractivity contribution < 1.29 is 14.3 Å². The number of esters is 1. The van der Waals surface area contributed by atoms with Crippen molar-refractivity contribution in [2.45, 2.75) is 33.3 Å². The van der Waals surface area contributed by atoms with Crippen LogP contribution in [0.15, 0.2) is 18.3 Å². The molecule has 0 radical (unpaired) electrons. The predicted octanol–water partition coefficient (Wildman–Crippen LogP) is 2.82. The number of aromatic nitrogens is 1. The molecule has 100 valence electrons. The minimum absolute atomic E-state index is 0.369. The first kappa shape index (κ1) is 14.6. The largest absolute Gasteiger partial charge is 0.465 e. The molecule has 4 heteroatoms. The molecule has 4 nitrogen and oxygen atoms in total. The van der Waals surface area contributed by atoms with Gasteiger partial charge in [0, 0.05) is 12.8 Å². The molecule has 1 aromatic heterocycles. The highest BCUT2D eigenvalue weighted by Crippen LogP contribution is 2.07. The summed E-state index contributed by atoms with van der Waals surface area (Å²) < 4.78 is 10.2. The van der Waals surface area contributed by atoms with E-state index >= 15 is 0 Å². The third-order valence-electron chi connectivity index (χ3n) is 2.68. The lowest BCUT2D eigenvalue weighted by Crippen LogP contribution is -2.07. The lowest BCUT2D eigenvalue weighted by atomic mass is 10.1. The summed E-state index contributed by atoms with van der Waals surface area (Å²) in [6.07, 6.45) is 3.87. The highest BCUT2D eigenvalue weighted by molar-refractivity contribution is 5.88. The van der Waals surface area contributed by atoms with Crippen LogP contribution in [0.4, 0.5) is 0 Å². The molecule has 0 aliphatic carbocycles. The fourth-order valence-electron chi connectivity index (χ4n) is 1.69. The van der Waals surface area contributed by atoms with Gasteiger partial charge in [0.25, 0.3) is 0 Å². The van der Waals surface area contributed by atoms with Crippen LogP contribution < -0.4 is 0 Å². The predicted molar refractivity (Wildman–Crippen MR) is 69.3 cm³/mol. The maximum absolute atomic E-state index is 11.2. The van der Waals surface area contributed by atoms with Gasteiger partial charge in [-0.2, -0.15) is 0 Å². The van der Waals surface area contributed by atoms with Crippen LogP contribution in [0.5, 0.6) is 0 Å². The maximum Gasteiger partial charge on any atom is 0.339 e. The van der Waals surface area contributed by atoms with Crippen LogP contribution in [0.3, 0.4) is 0 Å². The highest BCUT2D eigenvalue weighted by atomic mass is 16.5. The Labute approximate surface area is 108 Å². The van der Waals surface area contributed by atoms with E-state index in [-0.39, 0.29) is 5.97 Å². The Kier molecular flexibility index (Phi) is 6.36. The fourth-order valence-corrected chi connectivity index (χ4v) is 1.69. The number of ether oxygens (including phenoxy) is 2. The van der Waals surface area contributed by atoms with Crippen LogP contribution in [-0.4, -0.2) is 24.7 Å². The van der Waals surface area contributed by atoms with E-state index in [2.05, 4.69) is 23.6 Å². The van der Waals surface area contributed by atoms with Crippen molar-refractivity contribution in [3.63, 3.8) is 0 Å². The Bertz CT molecular complexity index is 362. The number of pyridine rings is 1. The maximum atomic E-state index is 11.2. The third-order valence-corrected chi connectivity index (χ3v) is 2.68. The van der Waals surface area contributed by atoms with E-state index in [1.165, 1.54) is 26.1 Å². The smallest absolute Gasteiger partial charge is 0.339 e. The molecule has 1 atom stereocenters. The summed E-state index contributed by atoms with van der Waals surface area (Å²) in [6, 6.07) is 3.49. The zero-order valence-corrected chi connectivity index (χ0v) is 11.3. The Morgan fingerprint density at radius 2 is 2.22 bits per heavy atom. The molecule has 1 heterocycles. The molecule has 0 saturated heterocycles. The summed E-state index contributed by atoms with van der Waals surface area (Å²) in [7, 11) is 1.36. The van der Waals surface area contributed by atoms with E-state index in [4.69, 9.17) is 4.74 Å². The molecule has 0 bridgehead atoms. The van der Waals surface area contributed by atoms with Crippen LogP contribution in [0.25, 0.3) is 0 Å². The number of nitrogens with zero attached hydrogens (tertiary/aromatic N) is 1. The molecule has 0 aliphatic rings. The number of carbonyl (C=O) groups is 1. The van der Waals surface area contributed by atoms with E-state index < -0.39 is 0 Å². The summed E-state index contributed by atoms with van der Waals surface area (Å²) in [5, 5.41) is 0. The molecule has 0 saturated carbocycles. The first-order valence-corrected chi connectivity index (χ1v) is 6.28. The summed E-state index contributed by atoms with van der Waals surface area (Å²) in [6.45, 7) is 5.57. The number of carbonyl (C=O) groups excluding carboxylic acids is 1. The van der Waals surface area contributed by atoms with Crippen LogP contribution >= 0.6 is 0 Å². The Balaban J connectivity index is 2.37. The third kappa shape index (κ3) is 4.84. The summed E-state index contributed by atoms with van der Waals surface area (Å²) in [5.41, 5.74) is 1.28. The number of hydrogen-bond donors (Lipinski definition) is 0. The number of rotatable bonds is 7. The van der Waals surface area contributed by atoms with Gasteiger partial charge in [-0.3, -0.25) is 4.98 Å². The van der Waals surface area contributed by atoms with Crippen molar-refractivity contribution in [3.05, 3.63) is 29.6 Å². The molecule has 0 fully saturated rings. The van der Waals surface area contributed by atoms with Crippen molar-refractivity contribution in [2.75, 3.05) is 13.7 Å². The Hall–Kier alpha value is -1.42. The zero-order valence-electron chi connectivity index (χ0n) is 11.3. The number of methoxy groups -OCH3 is 1. The average Bonchev–Trinajstić information content (AvgIpc) is 2.39. The van der Waals surface area contributed by atoms with Crippen molar-refractivity contribution in [2.24, 2.45) is 5.92 Å². The standard InChI is InChI=1S/C14H21NO3/c1-4-5-11(2)9-18-10-13-7-6-12(8-15-13)14(16)17-3/h6-8,11H,4-5,9-10H2,1-3H3. The van der Waals surface area contributed by atoms with Gasteiger partial charge in [0.2, 0.25) is 0 Å². The van der Waals surface area contributed by atoms with E-state index in [1.54, 1.807) is 12.1 Å². The quantitative estimate of drug-likeness (QED) is 0.699. The summed E-state index contributed by atoms with van der Waals surface area (Å²) >= 11 is 0. The zero-order chi connectivity index (χ0) is 13.4. The monoisotopic (exact) mass is 251 g/mol. The molecular formula is C14H21NO3. The van der Waals surface area contributed by atoms with Crippen LogP contribution in [0.1, 0.15) is 42.7 Å². The second kappa shape index (κ2) is 7.82. The minimum Gasteiger partial charge on any atom is -0.465 e. The summed E-state index contributed by atoms with van der Waals surface area (Å²) in [5.74, 6) is 0.205. The Morgan fingerprint density at radius 3 is 2.78 bits per heavy atom. The van der Waals surface area contributed by atoms with Gasteiger partial charge in [0.05, 0.1) is 25.0 Å². The van der Waals surface area contributed by atoms with Gasteiger partial charge in [0.15, 0.2) is 0 Å². The van der Waals surface area contributed by atoms with Gasteiger partial charge in [-0.1, -0.05) is 20.3 Å². The molecule has 0 spiro atoms. The minimum atomic E-state index is -0.369. The van der Waals surface area contributed by atoms with Gasteiger partial charge in [-0.15, -0.1) is 0 Å². The molecule has 1 unspecified atom stereocenters. The first-order valence-electron chi connectivity index (χ1n) is 6.28. The normalized spacial score (nSPS) is 12.2. The van der Waals surface area contributed by atoms with Crippen LogP contribution in [-0.2, 0) is 16.1 Å². The molecule has 0 aliphatic heterocycles. The topological polar surface area (TPSA) is 48.4 Å². The van der Waals surface area contributed by atoms with Crippen LogP contribution in [0, 0.1) is 5.92 Å². The average molecular weight is 251 g/mol. The molecule has 0 N–H and O–H groups in total. The van der Waals surface area contributed by atoms with Crippen molar-refractivity contribution in [1.29, 1.82) is 0 Å².